The third-order valence-corrected chi connectivity index (χ3v) is 6.99. The molecule has 3 amide bonds. The van der Waals surface area contributed by atoms with Crippen LogP contribution >= 0.6 is 11.3 Å². The molecular weight excluding hydrogens is 461 g/mol. The molecule has 0 atom stereocenters. The van der Waals surface area contributed by atoms with Gasteiger partial charge < -0.3 is 15.1 Å². The van der Waals surface area contributed by atoms with Gasteiger partial charge in [0.1, 0.15) is 12.4 Å². The van der Waals surface area contributed by atoms with E-state index in [2.05, 4.69) is 5.32 Å². The smallest absolute Gasteiger partial charge is 0.322 e. The van der Waals surface area contributed by atoms with Gasteiger partial charge in [-0.3, -0.25) is 4.79 Å². The summed E-state index contributed by atoms with van der Waals surface area (Å²) in [6.07, 6.45) is 0. The summed E-state index contributed by atoms with van der Waals surface area (Å²) in [6, 6.07) is 13.7. The topological polar surface area (TPSA) is 52.7 Å². The zero-order valence-electron chi connectivity index (χ0n) is 21.1. The van der Waals surface area contributed by atoms with E-state index >= 15 is 0 Å². The van der Waals surface area contributed by atoms with Gasteiger partial charge in [0, 0.05) is 23.7 Å². The normalized spacial score (nSPS) is 10.9. The molecule has 0 bridgehead atoms. The van der Waals surface area contributed by atoms with Crippen molar-refractivity contribution in [3.63, 3.8) is 0 Å². The number of hydrogen-bond donors (Lipinski definition) is 1. The average Bonchev–Trinajstić information content (AvgIpc) is 3.21. The molecule has 3 rings (SSSR count). The number of rotatable bonds is 9. The van der Waals surface area contributed by atoms with Crippen LogP contribution in [-0.4, -0.2) is 34.8 Å². The van der Waals surface area contributed by atoms with Crippen LogP contribution in [0.2, 0.25) is 0 Å². The first-order chi connectivity index (χ1) is 16.6. The summed E-state index contributed by atoms with van der Waals surface area (Å²) in [5, 5.41) is 5.00. The summed E-state index contributed by atoms with van der Waals surface area (Å²) in [5.41, 5.74) is 4.80. The first-order valence-corrected chi connectivity index (χ1v) is 12.7. The van der Waals surface area contributed by atoms with Crippen molar-refractivity contribution in [2.24, 2.45) is 5.92 Å². The summed E-state index contributed by atoms with van der Waals surface area (Å²) in [4.78, 5) is 31.2. The van der Waals surface area contributed by atoms with Gasteiger partial charge in [-0.1, -0.05) is 38.1 Å². The summed E-state index contributed by atoms with van der Waals surface area (Å²) in [5.74, 6) is -0.275. The molecule has 0 aliphatic heterocycles. The van der Waals surface area contributed by atoms with Crippen molar-refractivity contribution in [2.75, 3.05) is 18.4 Å². The van der Waals surface area contributed by atoms with Crippen LogP contribution in [0.5, 0.6) is 0 Å². The molecule has 0 aliphatic carbocycles. The molecule has 0 fully saturated rings. The Morgan fingerprint density at radius 2 is 1.66 bits per heavy atom. The van der Waals surface area contributed by atoms with Crippen molar-refractivity contribution in [1.29, 1.82) is 0 Å². The van der Waals surface area contributed by atoms with E-state index in [-0.39, 0.29) is 30.2 Å². The van der Waals surface area contributed by atoms with Crippen LogP contribution in [0, 0.1) is 32.5 Å². The van der Waals surface area contributed by atoms with Crippen LogP contribution in [0.4, 0.5) is 14.9 Å². The highest BCUT2D eigenvalue weighted by Crippen LogP contribution is 2.21. The third kappa shape index (κ3) is 7.39. The second-order valence-corrected chi connectivity index (χ2v) is 10.4. The Hall–Kier alpha value is -3.19. The van der Waals surface area contributed by atoms with E-state index in [0.29, 0.717) is 19.6 Å². The third-order valence-electron chi connectivity index (χ3n) is 5.99. The van der Waals surface area contributed by atoms with E-state index in [1.54, 1.807) is 33.3 Å². The highest BCUT2D eigenvalue weighted by Gasteiger charge is 2.24. The fourth-order valence-electron chi connectivity index (χ4n) is 3.79. The average molecular weight is 496 g/mol. The van der Waals surface area contributed by atoms with Crippen LogP contribution in [0.1, 0.15) is 41.0 Å². The molecule has 7 heteroatoms. The van der Waals surface area contributed by atoms with Crippen molar-refractivity contribution in [2.45, 2.75) is 47.7 Å². The molecule has 1 heterocycles. The molecule has 35 heavy (non-hydrogen) atoms. The Labute approximate surface area is 211 Å². The molecule has 5 nitrogen and oxygen atoms in total. The van der Waals surface area contributed by atoms with Crippen molar-refractivity contribution in [1.82, 2.24) is 9.80 Å². The summed E-state index contributed by atoms with van der Waals surface area (Å²) >= 11 is 1.60. The Bertz CT molecular complexity index is 1160. The van der Waals surface area contributed by atoms with Gasteiger partial charge in [-0.15, -0.1) is 11.3 Å². The van der Waals surface area contributed by atoms with Crippen molar-refractivity contribution >= 4 is 29.0 Å². The molecule has 3 aromatic rings. The number of aryl methyl sites for hydroxylation is 2. The fraction of sp³-hybridized carbons (Fsp3) is 0.357. The molecule has 0 saturated heterocycles. The highest BCUT2D eigenvalue weighted by atomic mass is 32.1. The van der Waals surface area contributed by atoms with Gasteiger partial charge >= 0.3 is 6.03 Å². The largest absolute Gasteiger partial charge is 0.332 e. The Balaban J connectivity index is 1.81. The Morgan fingerprint density at radius 3 is 2.29 bits per heavy atom. The number of hydrogen-bond acceptors (Lipinski definition) is 3. The molecule has 1 N–H and O–H groups in total. The number of carbonyl (C=O) groups excluding carboxylic acids is 2. The fourth-order valence-corrected chi connectivity index (χ4v) is 4.71. The zero-order valence-corrected chi connectivity index (χ0v) is 21.9. The quantitative estimate of drug-likeness (QED) is 0.367. The molecule has 1 aromatic heterocycles. The number of amides is 3. The van der Waals surface area contributed by atoms with E-state index in [1.807, 2.05) is 64.3 Å². The molecule has 0 unspecified atom stereocenters. The van der Waals surface area contributed by atoms with Crippen LogP contribution in [0.15, 0.2) is 53.9 Å². The lowest BCUT2D eigenvalue weighted by molar-refractivity contribution is -0.133. The second-order valence-electron chi connectivity index (χ2n) is 9.36. The van der Waals surface area contributed by atoms with E-state index in [9.17, 15) is 14.0 Å². The molecule has 0 saturated carbocycles. The summed E-state index contributed by atoms with van der Waals surface area (Å²) in [6.45, 7) is 11.2. The monoisotopic (exact) mass is 495 g/mol. The predicted octanol–water partition coefficient (Wildman–Crippen LogP) is 6.53. The van der Waals surface area contributed by atoms with E-state index in [0.717, 1.165) is 32.8 Å². The Kier molecular flexibility index (Phi) is 9.04. The maximum absolute atomic E-state index is 13.6. The maximum atomic E-state index is 13.6. The molecule has 0 aliphatic rings. The molecular formula is C28H34FN3O2S. The molecule has 0 radical (unpaired) electrons. The number of nitrogens with one attached hydrogen (secondary N) is 1. The minimum absolute atomic E-state index is 0.0412. The highest BCUT2D eigenvalue weighted by molar-refractivity contribution is 7.10. The van der Waals surface area contributed by atoms with Gasteiger partial charge in [0.2, 0.25) is 5.91 Å². The first kappa shape index (κ1) is 26.4. The van der Waals surface area contributed by atoms with Crippen LogP contribution < -0.4 is 5.32 Å². The van der Waals surface area contributed by atoms with E-state index in [1.165, 1.54) is 12.1 Å². The minimum Gasteiger partial charge on any atom is -0.332 e. The Morgan fingerprint density at radius 1 is 0.943 bits per heavy atom. The molecule has 0 spiro atoms. The summed E-state index contributed by atoms with van der Waals surface area (Å²) in [7, 11) is 0. The minimum atomic E-state index is -0.313. The van der Waals surface area contributed by atoms with Gasteiger partial charge in [0.25, 0.3) is 0 Å². The number of urea groups is 1. The molecule has 2 aromatic carbocycles. The maximum Gasteiger partial charge on any atom is 0.322 e. The van der Waals surface area contributed by atoms with Crippen molar-refractivity contribution in [3.05, 3.63) is 86.9 Å². The number of benzene rings is 2. The van der Waals surface area contributed by atoms with E-state index in [4.69, 9.17) is 0 Å². The van der Waals surface area contributed by atoms with Gasteiger partial charge in [0.05, 0.1) is 6.54 Å². The van der Waals surface area contributed by atoms with E-state index < -0.39 is 0 Å². The number of nitrogens with zero attached hydrogens (tertiary/aromatic N) is 2. The van der Waals surface area contributed by atoms with Gasteiger partial charge in [0.15, 0.2) is 0 Å². The van der Waals surface area contributed by atoms with Gasteiger partial charge in [-0.25, -0.2) is 9.18 Å². The lowest BCUT2D eigenvalue weighted by Crippen LogP contribution is -2.45. The predicted molar refractivity (Wildman–Crippen MR) is 141 cm³/mol. The summed E-state index contributed by atoms with van der Waals surface area (Å²) < 4.78 is 13.4. The van der Waals surface area contributed by atoms with Gasteiger partial charge in [-0.2, -0.15) is 0 Å². The lowest BCUT2D eigenvalue weighted by Gasteiger charge is -2.29. The van der Waals surface area contributed by atoms with Crippen LogP contribution in [0.3, 0.4) is 0 Å². The van der Waals surface area contributed by atoms with Crippen LogP contribution in [0.25, 0.3) is 0 Å². The molecule has 186 valence electrons. The van der Waals surface area contributed by atoms with Crippen molar-refractivity contribution < 1.29 is 14.0 Å². The standard InChI is InChI=1S/C28H34FN3O2S/c1-19(2)15-32(28(34)30-25-8-6-7-20(3)22(25)5)18-27(33)31(17-26-21(4)13-14-35-26)16-23-9-11-24(29)12-10-23/h6-14,19H,15-18H2,1-5H3,(H,30,34). The number of thiophene rings is 1. The SMILES string of the molecule is Cc1ccsc1CN(Cc1ccc(F)cc1)C(=O)CN(CC(C)C)C(=O)Nc1cccc(C)c1C. The number of carbonyl (C=O) groups is 2. The lowest BCUT2D eigenvalue weighted by atomic mass is 10.1. The van der Waals surface area contributed by atoms with Gasteiger partial charge in [-0.05, 0) is 78.6 Å². The van der Waals surface area contributed by atoms with Crippen molar-refractivity contribution in [3.8, 4) is 0 Å². The number of anilines is 1. The van der Waals surface area contributed by atoms with Crippen LogP contribution in [-0.2, 0) is 17.9 Å². The first-order valence-electron chi connectivity index (χ1n) is 11.8. The number of halogens is 1. The second kappa shape index (κ2) is 12.0. The zero-order chi connectivity index (χ0) is 25.5.